The Morgan fingerprint density at radius 2 is 1.73 bits per heavy atom. The van der Waals surface area contributed by atoms with Gasteiger partial charge in [0.1, 0.15) is 5.75 Å². The second-order valence-electron chi connectivity index (χ2n) is 4.53. The third-order valence-corrected chi connectivity index (χ3v) is 3.98. The molecule has 4 nitrogen and oxygen atoms in total. The zero-order valence-electron chi connectivity index (χ0n) is 11.4. The lowest BCUT2D eigenvalue weighted by molar-refractivity contribution is -0.0500. The molecule has 8 heteroatoms. The van der Waals surface area contributed by atoms with E-state index in [4.69, 9.17) is 0 Å². The number of rotatable bonds is 4. The SMILES string of the molecule is CC(c1ccc(OS(=O)(=O)C(F)(F)F)cc1)c1ccccn1. The number of halogens is 3. The molecule has 0 spiro atoms. The first kappa shape index (κ1) is 16.3. The molecule has 2 aromatic rings. The summed E-state index contributed by atoms with van der Waals surface area (Å²) in [6.45, 7) is 1.88. The van der Waals surface area contributed by atoms with Crippen LogP contribution in [0, 0.1) is 0 Å². The van der Waals surface area contributed by atoms with E-state index in [2.05, 4.69) is 9.17 Å². The smallest absolute Gasteiger partial charge is 0.376 e. The van der Waals surface area contributed by atoms with Crippen LogP contribution < -0.4 is 4.18 Å². The van der Waals surface area contributed by atoms with Gasteiger partial charge in [-0.15, -0.1) is 0 Å². The Hall–Kier alpha value is -2.09. The quantitative estimate of drug-likeness (QED) is 0.636. The van der Waals surface area contributed by atoms with Gasteiger partial charge in [0.15, 0.2) is 0 Å². The van der Waals surface area contributed by atoms with Gasteiger partial charge in [0.05, 0.1) is 0 Å². The summed E-state index contributed by atoms with van der Waals surface area (Å²) in [5.41, 5.74) is -3.89. The van der Waals surface area contributed by atoms with Crippen molar-refractivity contribution < 1.29 is 25.8 Å². The number of benzene rings is 1. The Morgan fingerprint density at radius 1 is 1.09 bits per heavy atom. The Labute approximate surface area is 125 Å². The number of nitrogens with zero attached hydrogens (tertiary/aromatic N) is 1. The normalized spacial score (nSPS) is 13.6. The summed E-state index contributed by atoms with van der Waals surface area (Å²) < 4.78 is 62.5. The highest BCUT2D eigenvalue weighted by Crippen LogP contribution is 2.29. The van der Waals surface area contributed by atoms with Crippen molar-refractivity contribution in [3.05, 3.63) is 59.9 Å². The lowest BCUT2D eigenvalue weighted by Crippen LogP contribution is -2.28. The van der Waals surface area contributed by atoms with Crippen LogP contribution in [0.5, 0.6) is 5.75 Å². The van der Waals surface area contributed by atoms with Crippen LogP contribution in [0.4, 0.5) is 13.2 Å². The maximum Gasteiger partial charge on any atom is 0.534 e. The zero-order chi connectivity index (χ0) is 16.4. The van der Waals surface area contributed by atoms with Crippen molar-refractivity contribution in [2.45, 2.75) is 18.3 Å². The molecule has 0 N–H and O–H groups in total. The zero-order valence-corrected chi connectivity index (χ0v) is 12.2. The van der Waals surface area contributed by atoms with Crippen molar-refractivity contribution in [1.82, 2.24) is 4.98 Å². The molecule has 22 heavy (non-hydrogen) atoms. The van der Waals surface area contributed by atoms with Crippen LogP contribution in [0.3, 0.4) is 0 Å². The van der Waals surface area contributed by atoms with E-state index in [-0.39, 0.29) is 5.92 Å². The minimum atomic E-state index is -5.65. The molecule has 0 aliphatic heterocycles. The molecule has 118 valence electrons. The molecule has 1 aromatic carbocycles. The topological polar surface area (TPSA) is 56.3 Å². The fraction of sp³-hybridized carbons (Fsp3) is 0.214. The number of hydrogen-bond donors (Lipinski definition) is 0. The average molecular weight is 331 g/mol. The van der Waals surface area contributed by atoms with Crippen molar-refractivity contribution in [2.75, 3.05) is 0 Å². The molecule has 0 saturated heterocycles. The largest absolute Gasteiger partial charge is 0.534 e. The van der Waals surface area contributed by atoms with Crippen molar-refractivity contribution >= 4 is 10.1 Å². The molecule has 0 aliphatic rings. The lowest BCUT2D eigenvalue weighted by atomic mass is 9.97. The van der Waals surface area contributed by atoms with Crippen molar-refractivity contribution in [2.24, 2.45) is 0 Å². The number of alkyl halides is 3. The highest BCUT2D eigenvalue weighted by Gasteiger charge is 2.48. The molecule has 0 radical (unpaired) electrons. The van der Waals surface area contributed by atoms with E-state index in [1.165, 1.54) is 24.3 Å². The second-order valence-corrected chi connectivity index (χ2v) is 6.07. The molecule has 2 rings (SSSR count). The third-order valence-electron chi connectivity index (χ3n) is 3.00. The van der Waals surface area contributed by atoms with Crippen LogP contribution in [-0.4, -0.2) is 18.9 Å². The minimum Gasteiger partial charge on any atom is -0.376 e. The van der Waals surface area contributed by atoms with Gasteiger partial charge in [-0.3, -0.25) is 4.98 Å². The van der Waals surface area contributed by atoms with Gasteiger partial charge < -0.3 is 4.18 Å². The van der Waals surface area contributed by atoms with Crippen LogP contribution in [0.2, 0.25) is 0 Å². The maximum absolute atomic E-state index is 12.2. The highest BCUT2D eigenvalue weighted by molar-refractivity contribution is 7.87. The summed E-state index contributed by atoms with van der Waals surface area (Å²) in [7, 11) is -5.65. The molecule has 0 saturated carbocycles. The second kappa shape index (κ2) is 5.96. The molecule has 0 fully saturated rings. The number of pyridine rings is 1. The first-order valence-electron chi connectivity index (χ1n) is 6.22. The molecule has 1 aromatic heterocycles. The molecular formula is C14H12F3NO3S. The average Bonchev–Trinajstić information content (AvgIpc) is 2.47. The van der Waals surface area contributed by atoms with Gasteiger partial charge >= 0.3 is 15.6 Å². The minimum absolute atomic E-state index is 0.0885. The summed E-state index contributed by atoms with van der Waals surface area (Å²) in [5, 5.41) is 0. The fourth-order valence-corrected chi connectivity index (χ4v) is 2.25. The monoisotopic (exact) mass is 331 g/mol. The first-order valence-corrected chi connectivity index (χ1v) is 7.63. The summed E-state index contributed by atoms with van der Waals surface area (Å²) in [5.74, 6) is -0.483. The van der Waals surface area contributed by atoms with E-state index >= 15 is 0 Å². The predicted molar refractivity (Wildman–Crippen MR) is 73.8 cm³/mol. The summed E-state index contributed by atoms with van der Waals surface area (Å²) in [6.07, 6.45) is 1.64. The Kier molecular flexibility index (Phi) is 4.41. The summed E-state index contributed by atoms with van der Waals surface area (Å²) >= 11 is 0. The number of aromatic nitrogens is 1. The van der Waals surface area contributed by atoms with Crippen LogP contribution in [-0.2, 0) is 10.1 Å². The van der Waals surface area contributed by atoms with Crippen molar-refractivity contribution in [3.63, 3.8) is 0 Å². The van der Waals surface area contributed by atoms with Gasteiger partial charge in [-0.25, -0.2) is 0 Å². The molecule has 0 amide bonds. The Bertz CT molecular complexity index is 728. The highest BCUT2D eigenvalue weighted by atomic mass is 32.2. The predicted octanol–water partition coefficient (Wildman–Crippen LogP) is 3.46. The van der Waals surface area contributed by atoms with Gasteiger partial charge in [-0.1, -0.05) is 25.1 Å². The van der Waals surface area contributed by atoms with E-state index in [1.54, 1.807) is 12.3 Å². The maximum atomic E-state index is 12.2. The van der Waals surface area contributed by atoms with Gasteiger partial charge in [0.25, 0.3) is 0 Å². The molecular weight excluding hydrogens is 319 g/mol. The van der Waals surface area contributed by atoms with Gasteiger partial charge in [0.2, 0.25) is 0 Å². The summed E-state index contributed by atoms with van der Waals surface area (Å²) in [6, 6.07) is 10.8. The van der Waals surface area contributed by atoms with E-state index in [0.717, 1.165) is 11.3 Å². The van der Waals surface area contributed by atoms with Crippen LogP contribution >= 0.6 is 0 Å². The van der Waals surface area contributed by atoms with Crippen molar-refractivity contribution in [1.29, 1.82) is 0 Å². The lowest BCUT2D eigenvalue weighted by Gasteiger charge is -2.13. The van der Waals surface area contributed by atoms with E-state index in [0.29, 0.717) is 0 Å². The van der Waals surface area contributed by atoms with E-state index < -0.39 is 21.4 Å². The third kappa shape index (κ3) is 3.56. The molecule has 0 aliphatic carbocycles. The van der Waals surface area contributed by atoms with Gasteiger partial charge in [-0.2, -0.15) is 21.6 Å². The van der Waals surface area contributed by atoms with Crippen molar-refractivity contribution in [3.8, 4) is 5.75 Å². The fourth-order valence-electron chi connectivity index (χ4n) is 1.79. The van der Waals surface area contributed by atoms with Crippen LogP contribution in [0.15, 0.2) is 48.7 Å². The molecule has 1 atom stereocenters. The summed E-state index contributed by atoms with van der Waals surface area (Å²) in [4.78, 5) is 4.19. The molecule has 1 heterocycles. The first-order chi connectivity index (χ1) is 10.2. The van der Waals surface area contributed by atoms with Crippen LogP contribution in [0.1, 0.15) is 24.1 Å². The van der Waals surface area contributed by atoms with E-state index in [9.17, 15) is 21.6 Å². The standard InChI is InChI=1S/C14H12F3NO3S/c1-10(13-4-2-3-9-18-13)11-5-7-12(8-6-11)21-22(19,20)14(15,16)17/h2-10H,1H3. The van der Waals surface area contributed by atoms with E-state index in [1.807, 2.05) is 19.1 Å². The van der Waals surface area contributed by atoms with Gasteiger partial charge in [0, 0.05) is 17.8 Å². The van der Waals surface area contributed by atoms with Gasteiger partial charge in [-0.05, 0) is 29.8 Å². The van der Waals surface area contributed by atoms with Crippen LogP contribution in [0.25, 0.3) is 0 Å². The Morgan fingerprint density at radius 3 is 2.23 bits per heavy atom. The Balaban J connectivity index is 2.18. The molecule has 0 bridgehead atoms. The number of hydrogen-bond acceptors (Lipinski definition) is 4. The molecule has 1 unspecified atom stereocenters.